The number of pyridine rings is 1. The van der Waals surface area contributed by atoms with Gasteiger partial charge in [-0.2, -0.15) is 0 Å². The van der Waals surface area contributed by atoms with E-state index in [2.05, 4.69) is 132 Å². The first-order valence-electron chi connectivity index (χ1n) is 14.6. The van der Waals surface area contributed by atoms with E-state index in [1.54, 1.807) is 0 Å². The predicted octanol–water partition coefficient (Wildman–Crippen LogP) is 11.1. The van der Waals surface area contributed by atoms with Crippen molar-refractivity contribution in [1.82, 2.24) is 9.55 Å². The van der Waals surface area contributed by atoms with Crippen LogP contribution in [0.5, 0.6) is 0 Å². The lowest BCUT2D eigenvalue weighted by Crippen LogP contribution is -1.98. The fraction of sp³-hybridized carbons (Fsp3) is 0.0250. The summed E-state index contributed by atoms with van der Waals surface area (Å²) in [6.07, 6.45) is 6.00. The van der Waals surface area contributed by atoms with Crippen molar-refractivity contribution < 1.29 is 4.42 Å². The van der Waals surface area contributed by atoms with Crippen molar-refractivity contribution in [1.29, 1.82) is 0 Å². The highest BCUT2D eigenvalue weighted by Gasteiger charge is 2.24. The van der Waals surface area contributed by atoms with Crippen LogP contribution in [-0.4, -0.2) is 9.55 Å². The monoisotopic (exact) mass is 552 g/mol. The van der Waals surface area contributed by atoms with Crippen molar-refractivity contribution in [2.45, 2.75) is 6.92 Å². The third-order valence-electron chi connectivity index (χ3n) is 8.26. The van der Waals surface area contributed by atoms with Gasteiger partial charge < -0.3 is 8.98 Å². The zero-order chi connectivity index (χ0) is 28.9. The van der Waals surface area contributed by atoms with E-state index in [-0.39, 0.29) is 0 Å². The summed E-state index contributed by atoms with van der Waals surface area (Å²) in [6.45, 7) is 6.14. The number of rotatable bonds is 5. The van der Waals surface area contributed by atoms with E-state index in [0.717, 1.165) is 61.5 Å². The molecule has 0 bridgehead atoms. The molecule has 3 nitrogen and oxygen atoms in total. The summed E-state index contributed by atoms with van der Waals surface area (Å²) in [5, 5.41) is 5.82. The second-order valence-corrected chi connectivity index (χ2v) is 10.7. The second-order valence-electron chi connectivity index (χ2n) is 10.7. The van der Waals surface area contributed by atoms with Crippen molar-refractivity contribution in [3.63, 3.8) is 0 Å². The highest BCUT2D eigenvalue weighted by molar-refractivity contribution is 6.32. The fourth-order valence-corrected chi connectivity index (χ4v) is 6.45. The number of allylic oxidation sites excluding steroid dienone is 1. The molecule has 0 radical (unpaired) electrons. The van der Waals surface area contributed by atoms with Crippen LogP contribution in [0.2, 0.25) is 0 Å². The molecule has 3 aromatic heterocycles. The minimum absolute atomic E-state index is 0.771. The molecular formula is C40H28N2O. The molecule has 8 aromatic rings. The van der Waals surface area contributed by atoms with Gasteiger partial charge in [0.2, 0.25) is 0 Å². The van der Waals surface area contributed by atoms with Gasteiger partial charge in [0.15, 0.2) is 5.58 Å². The van der Waals surface area contributed by atoms with Gasteiger partial charge >= 0.3 is 0 Å². The number of aromatic nitrogens is 2. The molecule has 0 unspecified atom stereocenters. The zero-order valence-corrected chi connectivity index (χ0v) is 23.8. The molecule has 0 amide bonds. The molecular weight excluding hydrogens is 524 g/mol. The van der Waals surface area contributed by atoms with E-state index in [1.807, 2.05) is 25.1 Å². The minimum Gasteiger partial charge on any atom is -0.454 e. The lowest BCUT2D eigenvalue weighted by molar-refractivity contribution is 0.605. The van der Waals surface area contributed by atoms with Gasteiger partial charge in [0.1, 0.15) is 5.76 Å². The molecule has 0 spiro atoms. The number of para-hydroxylation sites is 1. The molecule has 0 saturated carbocycles. The molecule has 0 saturated heterocycles. The summed E-state index contributed by atoms with van der Waals surface area (Å²) < 4.78 is 9.09. The standard InChI is InChI=1S/C40H28N2O/c1-3-15-32-36(4-2)43-40-38(32)30-21-12-11-20-29(30)37-31-22-13-14-23-35(31)42(39(37)40)28-24-33(26-16-7-5-8-17-26)41-34(25-28)27-18-9-6-10-19-27/h3-25H,2H2,1H3/b15-3-. The Bertz CT molecular complexity index is 2300. The van der Waals surface area contributed by atoms with Gasteiger partial charge in [-0.3, -0.25) is 0 Å². The van der Waals surface area contributed by atoms with Gasteiger partial charge in [-0.15, -0.1) is 0 Å². The molecule has 0 N–H and O–H groups in total. The van der Waals surface area contributed by atoms with Crippen LogP contribution in [0, 0.1) is 0 Å². The third kappa shape index (κ3) is 3.86. The Morgan fingerprint density at radius 2 is 1.23 bits per heavy atom. The van der Waals surface area contributed by atoms with Crippen molar-refractivity contribution in [2.75, 3.05) is 0 Å². The molecule has 0 fully saturated rings. The molecule has 0 aliphatic carbocycles. The molecule has 204 valence electrons. The SMILES string of the molecule is C=Cc1oc2c(c1/C=C\C)c1ccccc1c1c3ccccc3n(-c3cc(-c4ccccc4)nc(-c4ccccc4)c3)c21. The smallest absolute Gasteiger partial charge is 0.160 e. The first-order valence-corrected chi connectivity index (χ1v) is 14.6. The van der Waals surface area contributed by atoms with E-state index in [9.17, 15) is 0 Å². The Labute approximate surface area is 249 Å². The summed E-state index contributed by atoms with van der Waals surface area (Å²) in [4.78, 5) is 5.15. The lowest BCUT2D eigenvalue weighted by atomic mass is 9.97. The Morgan fingerprint density at radius 1 is 0.674 bits per heavy atom. The molecule has 0 atom stereocenters. The summed E-state index contributed by atoms with van der Waals surface area (Å²) in [7, 11) is 0. The summed E-state index contributed by atoms with van der Waals surface area (Å²) >= 11 is 0. The maximum atomic E-state index is 6.74. The van der Waals surface area contributed by atoms with Crippen LogP contribution in [0.4, 0.5) is 0 Å². The summed E-state index contributed by atoms with van der Waals surface area (Å²) in [5.41, 5.74) is 9.06. The van der Waals surface area contributed by atoms with Crippen LogP contribution in [-0.2, 0) is 0 Å². The van der Waals surface area contributed by atoms with E-state index < -0.39 is 0 Å². The van der Waals surface area contributed by atoms with Crippen LogP contribution >= 0.6 is 0 Å². The van der Waals surface area contributed by atoms with Gasteiger partial charge in [-0.25, -0.2) is 4.98 Å². The molecule has 8 rings (SSSR count). The van der Waals surface area contributed by atoms with E-state index in [0.29, 0.717) is 0 Å². The maximum absolute atomic E-state index is 6.74. The number of furan rings is 1. The molecule has 0 aliphatic heterocycles. The van der Waals surface area contributed by atoms with E-state index in [4.69, 9.17) is 9.40 Å². The average molecular weight is 553 g/mol. The van der Waals surface area contributed by atoms with Crippen molar-refractivity contribution in [3.8, 4) is 28.2 Å². The Balaban J connectivity index is 1.59. The number of fused-ring (bicyclic) bond motifs is 8. The van der Waals surface area contributed by atoms with Gasteiger partial charge in [0.05, 0.1) is 28.1 Å². The van der Waals surface area contributed by atoms with Crippen molar-refractivity contribution in [2.24, 2.45) is 0 Å². The lowest BCUT2D eigenvalue weighted by Gasteiger charge is -2.14. The normalized spacial score (nSPS) is 11.8. The Kier molecular flexibility index (Phi) is 5.83. The Hall–Kier alpha value is -5.67. The van der Waals surface area contributed by atoms with Crippen LogP contribution < -0.4 is 0 Å². The number of nitrogens with zero attached hydrogens (tertiary/aromatic N) is 2. The largest absolute Gasteiger partial charge is 0.454 e. The van der Waals surface area contributed by atoms with Gasteiger partial charge in [0, 0.05) is 32.8 Å². The highest BCUT2D eigenvalue weighted by atomic mass is 16.3. The molecule has 3 heterocycles. The van der Waals surface area contributed by atoms with Crippen LogP contribution in [0.25, 0.3) is 83.9 Å². The topological polar surface area (TPSA) is 31.0 Å². The van der Waals surface area contributed by atoms with E-state index >= 15 is 0 Å². The third-order valence-corrected chi connectivity index (χ3v) is 8.26. The molecule has 3 heteroatoms. The van der Waals surface area contributed by atoms with Gasteiger partial charge in [-0.05, 0) is 42.0 Å². The molecule has 43 heavy (non-hydrogen) atoms. The fourth-order valence-electron chi connectivity index (χ4n) is 6.45. The van der Waals surface area contributed by atoms with Crippen LogP contribution in [0.3, 0.4) is 0 Å². The predicted molar refractivity (Wildman–Crippen MR) is 182 cm³/mol. The van der Waals surface area contributed by atoms with Gasteiger partial charge in [-0.1, -0.05) is 122 Å². The van der Waals surface area contributed by atoms with Crippen molar-refractivity contribution >= 4 is 55.7 Å². The van der Waals surface area contributed by atoms with Crippen LogP contribution in [0.15, 0.2) is 138 Å². The quantitative estimate of drug-likeness (QED) is 0.213. The zero-order valence-electron chi connectivity index (χ0n) is 23.8. The first-order chi connectivity index (χ1) is 21.3. The number of hydrogen-bond acceptors (Lipinski definition) is 2. The maximum Gasteiger partial charge on any atom is 0.160 e. The second kappa shape index (κ2) is 10.0. The minimum atomic E-state index is 0.771. The number of benzene rings is 5. The van der Waals surface area contributed by atoms with Crippen molar-refractivity contribution in [3.05, 3.63) is 145 Å². The number of hydrogen-bond donors (Lipinski definition) is 0. The van der Waals surface area contributed by atoms with E-state index in [1.165, 1.54) is 21.5 Å². The Morgan fingerprint density at radius 3 is 1.84 bits per heavy atom. The molecule has 0 aliphatic rings. The van der Waals surface area contributed by atoms with Gasteiger partial charge in [0.25, 0.3) is 0 Å². The summed E-state index contributed by atoms with van der Waals surface area (Å²) in [6, 6.07) is 42.5. The first kappa shape index (κ1) is 25.1. The highest BCUT2D eigenvalue weighted by Crippen LogP contribution is 2.45. The average Bonchev–Trinajstić information content (AvgIpc) is 3.62. The molecule has 5 aromatic carbocycles. The van der Waals surface area contributed by atoms with Crippen LogP contribution in [0.1, 0.15) is 18.2 Å². The summed E-state index contributed by atoms with van der Waals surface area (Å²) in [5.74, 6) is 0.771.